The van der Waals surface area contributed by atoms with Crippen molar-refractivity contribution < 1.29 is 9.26 Å². The molecule has 0 spiro atoms. The molecule has 0 unspecified atom stereocenters. The Morgan fingerprint density at radius 1 is 0.906 bits per heavy atom. The van der Waals surface area contributed by atoms with Gasteiger partial charge in [-0.15, -0.1) is 5.10 Å². The largest absolute Gasteiger partial charge is 0.379 e. The fourth-order valence-corrected chi connectivity index (χ4v) is 4.04. The Labute approximate surface area is 185 Å². The van der Waals surface area contributed by atoms with Gasteiger partial charge in [0.15, 0.2) is 0 Å². The van der Waals surface area contributed by atoms with Crippen molar-refractivity contribution in [2.24, 2.45) is 0 Å². The van der Waals surface area contributed by atoms with Crippen molar-refractivity contribution in [1.82, 2.24) is 29.8 Å². The fraction of sp³-hybridized carbons (Fsp3) is 0.333. The number of morpholine rings is 1. The topological polar surface area (TPSA) is 82.1 Å². The molecule has 0 atom stereocenters. The van der Waals surface area contributed by atoms with Crippen LogP contribution in [-0.2, 0) is 11.3 Å². The molecular weight excluding hydrogens is 404 g/mol. The molecule has 1 aliphatic heterocycles. The van der Waals surface area contributed by atoms with E-state index in [1.54, 1.807) is 0 Å². The molecule has 6 rings (SSSR count). The second-order valence-corrected chi connectivity index (χ2v) is 8.33. The average Bonchev–Trinajstić information content (AvgIpc) is 3.39. The maximum absolute atomic E-state index is 5.57. The molecule has 162 valence electrons. The lowest BCUT2D eigenvalue weighted by Gasteiger charge is -2.26. The van der Waals surface area contributed by atoms with Crippen LogP contribution in [0, 0.1) is 0 Å². The quantitative estimate of drug-likeness (QED) is 0.463. The third-order valence-electron chi connectivity index (χ3n) is 5.89. The van der Waals surface area contributed by atoms with Gasteiger partial charge >= 0.3 is 0 Å². The second-order valence-electron chi connectivity index (χ2n) is 8.33. The Hall–Kier alpha value is -3.36. The molecule has 0 N–H and O–H groups in total. The van der Waals surface area contributed by atoms with Crippen LogP contribution >= 0.6 is 0 Å². The van der Waals surface area contributed by atoms with E-state index in [2.05, 4.69) is 27.2 Å². The van der Waals surface area contributed by atoms with Gasteiger partial charge in [0.2, 0.25) is 11.6 Å². The summed E-state index contributed by atoms with van der Waals surface area (Å²) in [5, 5.41) is 8.92. The fourth-order valence-electron chi connectivity index (χ4n) is 4.04. The summed E-state index contributed by atoms with van der Waals surface area (Å²) in [4.78, 5) is 11.8. The zero-order valence-corrected chi connectivity index (χ0v) is 17.7. The van der Waals surface area contributed by atoms with Gasteiger partial charge in [-0.05, 0) is 36.6 Å². The highest BCUT2D eigenvalue weighted by atomic mass is 16.5. The summed E-state index contributed by atoms with van der Waals surface area (Å²) in [6.45, 7) is 4.37. The Morgan fingerprint density at radius 3 is 2.56 bits per heavy atom. The van der Waals surface area contributed by atoms with Crippen LogP contribution in [0.2, 0.25) is 0 Å². The Morgan fingerprint density at radius 2 is 1.75 bits per heavy atom. The second kappa shape index (κ2) is 8.29. The third-order valence-corrected chi connectivity index (χ3v) is 5.89. The van der Waals surface area contributed by atoms with Crippen LogP contribution in [-0.4, -0.2) is 56.1 Å². The standard InChI is InChI=1S/C24H24N6O2/c1-2-7-20(8-3-1)30-23(18-9-10-18)25-22(27-30)24-26-21(28-32-24)19-6-4-5-17(15-19)16-29-11-13-31-14-12-29/h1-8,15,18H,9-14,16H2. The van der Waals surface area contributed by atoms with Crippen LogP contribution in [0.3, 0.4) is 0 Å². The van der Waals surface area contributed by atoms with Crippen LogP contribution in [0.25, 0.3) is 28.8 Å². The van der Waals surface area contributed by atoms with Gasteiger partial charge in [-0.2, -0.15) is 4.98 Å². The highest BCUT2D eigenvalue weighted by Gasteiger charge is 2.31. The molecular formula is C24H24N6O2. The summed E-state index contributed by atoms with van der Waals surface area (Å²) in [5.74, 6) is 2.76. The van der Waals surface area contributed by atoms with Gasteiger partial charge in [-0.1, -0.05) is 41.6 Å². The van der Waals surface area contributed by atoms with E-state index in [0.29, 0.717) is 23.5 Å². The number of para-hydroxylation sites is 1. The summed E-state index contributed by atoms with van der Waals surface area (Å²) in [6, 6.07) is 18.4. The van der Waals surface area contributed by atoms with Crippen LogP contribution in [0.15, 0.2) is 59.1 Å². The highest BCUT2D eigenvalue weighted by Crippen LogP contribution is 2.40. The molecule has 8 heteroatoms. The van der Waals surface area contributed by atoms with E-state index in [1.807, 2.05) is 47.1 Å². The molecule has 2 fully saturated rings. The molecule has 1 saturated heterocycles. The Kier molecular flexibility index (Phi) is 5.01. The lowest BCUT2D eigenvalue weighted by Crippen LogP contribution is -2.35. The Balaban J connectivity index is 1.27. The summed E-state index contributed by atoms with van der Waals surface area (Å²) in [7, 11) is 0. The maximum atomic E-state index is 5.57. The van der Waals surface area contributed by atoms with Gasteiger partial charge in [0, 0.05) is 31.1 Å². The number of ether oxygens (including phenoxy) is 1. The smallest absolute Gasteiger partial charge is 0.297 e. The van der Waals surface area contributed by atoms with Crippen molar-refractivity contribution in [3.8, 4) is 28.8 Å². The van der Waals surface area contributed by atoms with Gasteiger partial charge in [0.1, 0.15) is 5.82 Å². The lowest BCUT2D eigenvalue weighted by atomic mass is 10.1. The molecule has 0 amide bonds. The molecule has 0 radical (unpaired) electrons. The molecule has 3 heterocycles. The molecule has 32 heavy (non-hydrogen) atoms. The normalized spacial score (nSPS) is 17.0. The van der Waals surface area contributed by atoms with E-state index >= 15 is 0 Å². The van der Waals surface area contributed by atoms with E-state index in [1.165, 1.54) is 5.56 Å². The summed E-state index contributed by atoms with van der Waals surface area (Å²) < 4.78 is 12.9. The molecule has 2 aliphatic rings. The van der Waals surface area contributed by atoms with Crippen molar-refractivity contribution in [3.63, 3.8) is 0 Å². The first-order valence-corrected chi connectivity index (χ1v) is 11.1. The first kappa shape index (κ1) is 19.3. The molecule has 2 aromatic heterocycles. The van der Waals surface area contributed by atoms with E-state index in [9.17, 15) is 0 Å². The predicted octanol–water partition coefficient (Wildman–Crippen LogP) is 3.69. The average molecular weight is 428 g/mol. The molecule has 1 saturated carbocycles. The number of nitrogens with zero attached hydrogens (tertiary/aromatic N) is 6. The van der Waals surface area contributed by atoms with Crippen molar-refractivity contribution >= 4 is 0 Å². The SMILES string of the molecule is c1ccc(-n2nc(-c3nc(-c4cccc(CN5CCOCC5)c4)no3)nc2C2CC2)cc1. The van der Waals surface area contributed by atoms with Gasteiger partial charge in [0.25, 0.3) is 5.89 Å². The van der Waals surface area contributed by atoms with Crippen molar-refractivity contribution in [2.45, 2.75) is 25.3 Å². The summed E-state index contributed by atoms with van der Waals surface area (Å²) in [5.41, 5.74) is 3.14. The number of hydrogen-bond donors (Lipinski definition) is 0. The predicted molar refractivity (Wildman–Crippen MR) is 118 cm³/mol. The van der Waals surface area contributed by atoms with Crippen molar-refractivity contribution in [1.29, 1.82) is 0 Å². The van der Waals surface area contributed by atoms with Crippen LogP contribution in [0.4, 0.5) is 0 Å². The third kappa shape index (κ3) is 3.94. The van der Waals surface area contributed by atoms with Crippen LogP contribution in [0.5, 0.6) is 0 Å². The summed E-state index contributed by atoms with van der Waals surface area (Å²) in [6.07, 6.45) is 2.27. The van der Waals surface area contributed by atoms with E-state index in [0.717, 1.165) is 62.8 Å². The molecule has 4 aromatic rings. The number of hydrogen-bond acceptors (Lipinski definition) is 7. The lowest BCUT2D eigenvalue weighted by molar-refractivity contribution is 0.0342. The molecule has 8 nitrogen and oxygen atoms in total. The summed E-state index contributed by atoms with van der Waals surface area (Å²) >= 11 is 0. The highest BCUT2D eigenvalue weighted by molar-refractivity contribution is 5.58. The Bertz CT molecular complexity index is 1210. The first-order chi connectivity index (χ1) is 15.8. The van der Waals surface area contributed by atoms with Crippen molar-refractivity contribution in [2.75, 3.05) is 26.3 Å². The zero-order chi connectivity index (χ0) is 21.3. The zero-order valence-electron chi connectivity index (χ0n) is 17.7. The van der Waals surface area contributed by atoms with E-state index in [-0.39, 0.29) is 0 Å². The minimum absolute atomic E-state index is 0.343. The van der Waals surface area contributed by atoms with E-state index < -0.39 is 0 Å². The van der Waals surface area contributed by atoms with E-state index in [4.69, 9.17) is 19.3 Å². The minimum atomic E-state index is 0.343. The van der Waals surface area contributed by atoms with Crippen LogP contribution < -0.4 is 0 Å². The monoisotopic (exact) mass is 428 g/mol. The number of rotatable bonds is 6. The minimum Gasteiger partial charge on any atom is -0.379 e. The first-order valence-electron chi connectivity index (χ1n) is 11.1. The number of benzene rings is 2. The van der Waals surface area contributed by atoms with Gasteiger partial charge in [-0.25, -0.2) is 9.67 Å². The molecule has 2 aromatic carbocycles. The van der Waals surface area contributed by atoms with Gasteiger partial charge in [-0.3, -0.25) is 4.90 Å². The van der Waals surface area contributed by atoms with Gasteiger partial charge < -0.3 is 9.26 Å². The molecule has 1 aliphatic carbocycles. The molecule has 0 bridgehead atoms. The van der Waals surface area contributed by atoms with Crippen molar-refractivity contribution in [3.05, 3.63) is 66.0 Å². The van der Waals surface area contributed by atoms with Crippen LogP contribution in [0.1, 0.15) is 30.1 Å². The maximum Gasteiger partial charge on any atom is 0.297 e. The van der Waals surface area contributed by atoms with Gasteiger partial charge in [0.05, 0.1) is 18.9 Å². The number of aromatic nitrogens is 5.